The summed E-state index contributed by atoms with van der Waals surface area (Å²) in [5.74, 6) is -0.793. The van der Waals surface area contributed by atoms with Crippen molar-refractivity contribution in [3.05, 3.63) is 70.5 Å². The van der Waals surface area contributed by atoms with Crippen LogP contribution in [0.15, 0.2) is 42.5 Å². The van der Waals surface area contributed by atoms with Crippen molar-refractivity contribution in [1.82, 2.24) is 5.32 Å². The molecule has 3 rings (SSSR count). The van der Waals surface area contributed by atoms with Crippen LogP contribution in [0.25, 0.3) is 0 Å². The van der Waals surface area contributed by atoms with Crippen molar-refractivity contribution in [2.45, 2.75) is 25.8 Å². The Hall–Kier alpha value is -2.16. The van der Waals surface area contributed by atoms with Gasteiger partial charge in [0.15, 0.2) is 0 Å². The van der Waals surface area contributed by atoms with Gasteiger partial charge in [0.2, 0.25) is 0 Å². The van der Waals surface area contributed by atoms with Crippen molar-refractivity contribution in [1.29, 1.82) is 0 Å². The number of rotatable bonds is 2. The number of aryl methyl sites for hydroxylation is 1. The summed E-state index contributed by atoms with van der Waals surface area (Å²) in [6, 6.07) is 12.9. The zero-order valence-corrected chi connectivity index (χ0v) is 11.3. The standard InChI is InChI=1S/C17H16FNO/c1-11-6-7-15(16(18)8-11)17(20)19-14-9-12-4-2-3-5-13(12)10-14/h2-8,14H,9-10H2,1H3,(H,19,20). The van der Waals surface area contributed by atoms with Crippen LogP contribution < -0.4 is 5.32 Å². The van der Waals surface area contributed by atoms with E-state index in [4.69, 9.17) is 0 Å². The molecule has 2 aromatic rings. The number of amides is 1. The number of hydrogen-bond donors (Lipinski definition) is 1. The third-order valence-electron chi connectivity index (χ3n) is 3.76. The largest absolute Gasteiger partial charge is 0.349 e. The highest BCUT2D eigenvalue weighted by Crippen LogP contribution is 2.22. The normalized spacial score (nSPS) is 14.1. The smallest absolute Gasteiger partial charge is 0.254 e. The van der Waals surface area contributed by atoms with Crippen LogP contribution in [0.3, 0.4) is 0 Å². The molecule has 102 valence electrons. The van der Waals surface area contributed by atoms with E-state index in [1.54, 1.807) is 19.1 Å². The Balaban J connectivity index is 1.72. The van der Waals surface area contributed by atoms with E-state index in [1.807, 2.05) is 12.1 Å². The summed E-state index contributed by atoms with van der Waals surface area (Å²) in [5, 5.41) is 2.92. The van der Waals surface area contributed by atoms with E-state index in [0.29, 0.717) is 0 Å². The average Bonchev–Trinajstić information content (AvgIpc) is 2.80. The van der Waals surface area contributed by atoms with Gasteiger partial charge in [-0.2, -0.15) is 0 Å². The summed E-state index contributed by atoms with van der Waals surface area (Å²) in [6.45, 7) is 1.80. The molecular weight excluding hydrogens is 253 g/mol. The van der Waals surface area contributed by atoms with Crippen molar-refractivity contribution in [2.24, 2.45) is 0 Å². The van der Waals surface area contributed by atoms with Crippen LogP contribution >= 0.6 is 0 Å². The highest BCUT2D eigenvalue weighted by atomic mass is 19.1. The van der Waals surface area contributed by atoms with E-state index < -0.39 is 5.82 Å². The molecule has 0 saturated heterocycles. The van der Waals surface area contributed by atoms with Gasteiger partial charge in [0.1, 0.15) is 5.82 Å². The molecule has 20 heavy (non-hydrogen) atoms. The highest BCUT2D eigenvalue weighted by molar-refractivity contribution is 5.94. The molecule has 0 radical (unpaired) electrons. The lowest BCUT2D eigenvalue weighted by molar-refractivity contribution is 0.0934. The van der Waals surface area contributed by atoms with Crippen molar-refractivity contribution in [2.75, 3.05) is 0 Å². The number of benzene rings is 2. The van der Waals surface area contributed by atoms with Crippen LogP contribution in [0.5, 0.6) is 0 Å². The third kappa shape index (κ3) is 2.44. The summed E-state index contributed by atoms with van der Waals surface area (Å²) in [6.07, 6.45) is 1.63. The van der Waals surface area contributed by atoms with Gasteiger partial charge in [0.25, 0.3) is 5.91 Å². The number of carbonyl (C=O) groups is 1. The first-order chi connectivity index (χ1) is 9.63. The minimum Gasteiger partial charge on any atom is -0.349 e. The van der Waals surface area contributed by atoms with Crippen molar-refractivity contribution in [3.63, 3.8) is 0 Å². The van der Waals surface area contributed by atoms with Gasteiger partial charge in [0, 0.05) is 6.04 Å². The predicted octanol–water partition coefficient (Wildman–Crippen LogP) is 3.03. The molecule has 0 saturated carbocycles. The van der Waals surface area contributed by atoms with E-state index in [-0.39, 0.29) is 17.5 Å². The second kappa shape index (κ2) is 5.08. The second-order valence-corrected chi connectivity index (χ2v) is 5.33. The van der Waals surface area contributed by atoms with Gasteiger partial charge in [0.05, 0.1) is 5.56 Å². The lowest BCUT2D eigenvalue weighted by Gasteiger charge is -2.12. The molecule has 1 amide bonds. The molecule has 0 spiro atoms. The zero-order valence-electron chi connectivity index (χ0n) is 11.3. The molecule has 3 heteroatoms. The average molecular weight is 269 g/mol. The second-order valence-electron chi connectivity index (χ2n) is 5.33. The molecule has 0 bridgehead atoms. The van der Waals surface area contributed by atoms with Crippen molar-refractivity contribution in [3.8, 4) is 0 Å². The van der Waals surface area contributed by atoms with Crippen LogP contribution in [0, 0.1) is 12.7 Å². The van der Waals surface area contributed by atoms with Gasteiger partial charge in [-0.05, 0) is 48.6 Å². The van der Waals surface area contributed by atoms with Crippen molar-refractivity contribution < 1.29 is 9.18 Å². The zero-order chi connectivity index (χ0) is 14.1. The summed E-state index contributed by atoms with van der Waals surface area (Å²) in [7, 11) is 0. The Kier molecular flexibility index (Phi) is 3.26. The van der Waals surface area contributed by atoms with Crippen LogP contribution in [-0.4, -0.2) is 11.9 Å². The SMILES string of the molecule is Cc1ccc(C(=O)NC2Cc3ccccc3C2)c(F)c1. The van der Waals surface area contributed by atoms with Gasteiger partial charge < -0.3 is 5.32 Å². The highest BCUT2D eigenvalue weighted by Gasteiger charge is 2.23. The Morgan fingerprint density at radius 2 is 1.80 bits per heavy atom. The fourth-order valence-electron chi connectivity index (χ4n) is 2.73. The minimum atomic E-state index is -0.460. The Morgan fingerprint density at radius 3 is 2.40 bits per heavy atom. The minimum absolute atomic E-state index is 0.0561. The molecule has 1 aliphatic rings. The topological polar surface area (TPSA) is 29.1 Å². The van der Waals surface area contributed by atoms with Crippen LogP contribution in [0.1, 0.15) is 27.0 Å². The van der Waals surface area contributed by atoms with Crippen LogP contribution in [0.2, 0.25) is 0 Å². The molecule has 0 aliphatic heterocycles. The maximum absolute atomic E-state index is 13.8. The monoisotopic (exact) mass is 269 g/mol. The number of hydrogen-bond acceptors (Lipinski definition) is 1. The number of fused-ring (bicyclic) bond motifs is 1. The van der Waals surface area contributed by atoms with E-state index in [9.17, 15) is 9.18 Å². The van der Waals surface area contributed by atoms with E-state index in [1.165, 1.54) is 17.2 Å². The molecule has 0 fully saturated rings. The Morgan fingerprint density at radius 1 is 1.15 bits per heavy atom. The molecule has 2 nitrogen and oxygen atoms in total. The summed E-state index contributed by atoms with van der Waals surface area (Å²) < 4.78 is 13.8. The van der Waals surface area contributed by atoms with Crippen molar-refractivity contribution >= 4 is 5.91 Å². The lowest BCUT2D eigenvalue weighted by atomic mass is 10.1. The molecular formula is C17H16FNO. The Labute approximate surface area is 117 Å². The Bertz CT molecular complexity index is 641. The van der Waals surface area contributed by atoms with Crippen LogP contribution in [0.4, 0.5) is 4.39 Å². The lowest BCUT2D eigenvalue weighted by Crippen LogP contribution is -2.35. The molecule has 0 unspecified atom stereocenters. The van der Waals surface area contributed by atoms with E-state index in [0.717, 1.165) is 18.4 Å². The summed E-state index contributed by atoms with van der Waals surface area (Å²) in [4.78, 5) is 12.1. The van der Waals surface area contributed by atoms with Gasteiger partial charge in [-0.15, -0.1) is 0 Å². The fraction of sp³-hybridized carbons (Fsp3) is 0.235. The molecule has 0 atom stereocenters. The molecule has 2 aromatic carbocycles. The first-order valence-electron chi connectivity index (χ1n) is 6.77. The molecule has 1 aliphatic carbocycles. The quantitative estimate of drug-likeness (QED) is 0.892. The summed E-state index contributed by atoms with van der Waals surface area (Å²) in [5.41, 5.74) is 3.46. The van der Waals surface area contributed by atoms with E-state index in [2.05, 4.69) is 17.4 Å². The number of carbonyl (C=O) groups excluding carboxylic acids is 1. The first-order valence-corrected chi connectivity index (χ1v) is 6.77. The van der Waals surface area contributed by atoms with Gasteiger partial charge in [-0.25, -0.2) is 4.39 Å². The maximum atomic E-state index is 13.8. The maximum Gasteiger partial charge on any atom is 0.254 e. The van der Waals surface area contributed by atoms with Crippen LogP contribution in [-0.2, 0) is 12.8 Å². The fourth-order valence-corrected chi connectivity index (χ4v) is 2.73. The summed E-state index contributed by atoms with van der Waals surface area (Å²) >= 11 is 0. The number of halogens is 1. The predicted molar refractivity (Wildman–Crippen MR) is 76.2 cm³/mol. The van der Waals surface area contributed by atoms with Gasteiger partial charge >= 0.3 is 0 Å². The molecule has 0 heterocycles. The first kappa shape index (κ1) is 12.9. The third-order valence-corrected chi connectivity index (χ3v) is 3.76. The van der Waals surface area contributed by atoms with Gasteiger partial charge in [-0.1, -0.05) is 30.3 Å². The van der Waals surface area contributed by atoms with E-state index >= 15 is 0 Å². The molecule has 0 aromatic heterocycles. The molecule has 1 N–H and O–H groups in total. The van der Waals surface area contributed by atoms with Gasteiger partial charge in [-0.3, -0.25) is 4.79 Å². The number of nitrogens with one attached hydrogen (secondary N) is 1.